The molecule has 4 nitrogen and oxygen atoms in total. The van der Waals surface area contributed by atoms with Gasteiger partial charge >= 0.3 is 0 Å². The van der Waals surface area contributed by atoms with Gasteiger partial charge in [-0.3, -0.25) is 0 Å². The van der Waals surface area contributed by atoms with Gasteiger partial charge in [0.1, 0.15) is 15.8 Å². The third-order valence-electron chi connectivity index (χ3n) is 4.57. The van der Waals surface area contributed by atoms with E-state index in [1.54, 1.807) is 12.1 Å². The van der Waals surface area contributed by atoms with E-state index in [1.807, 2.05) is 25.1 Å². The summed E-state index contributed by atoms with van der Waals surface area (Å²) < 4.78 is 40.3. The number of hydrogen-bond acceptors (Lipinski definition) is 5. The molecule has 0 radical (unpaired) electrons. The zero-order valence-electron chi connectivity index (χ0n) is 15.8. The van der Waals surface area contributed by atoms with Crippen LogP contribution in [0, 0.1) is 24.4 Å². The minimum Gasteiger partial charge on any atom is -0.503 e. The van der Waals surface area contributed by atoms with Gasteiger partial charge in [-0.1, -0.05) is 35.6 Å². The van der Waals surface area contributed by atoms with E-state index in [9.17, 15) is 18.3 Å². The van der Waals surface area contributed by atoms with Gasteiger partial charge in [-0.25, -0.2) is 13.2 Å². The third-order valence-corrected chi connectivity index (χ3v) is 5.59. The third kappa shape index (κ3) is 4.13. The molecule has 0 aliphatic heterocycles. The number of nitrogens with one attached hydrogen (secondary N) is 1. The van der Waals surface area contributed by atoms with Crippen molar-refractivity contribution in [2.45, 2.75) is 13.5 Å². The highest BCUT2D eigenvalue weighted by Gasteiger charge is 2.15. The molecule has 4 aromatic rings. The van der Waals surface area contributed by atoms with Crippen LogP contribution in [0.15, 0.2) is 54.6 Å². The molecular formula is C22H16F3N3OS. The van der Waals surface area contributed by atoms with Crippen molar-refractivity contribution in [2.24, 2.45) is 0 Å². The molecule has 152 valence electrons. The smallest absolute Gasteiger partial charge is 0.187 e. The van der Waals surface area contributed by atoms with E-state index in [0.29, 0.717) is 16.6 Å². The Kier molecular flexibility index (Phi) is 5.41. The van der Waals surface area contributed by atoms with E-state index in [0.717, 1.165) is 34.5 Å². The molecule has 0 bridgehead atoms. The highest BCUT2D eigenvalue weighted by atomic mass is 32.1. The van der Waals surface area contributed by atoms with Crippen LogP contribution in [0.3, 0.4) is 0 Å². The van der Waals surface area contributed by atoms with Crippen molar-refractivity contribution in [1.82, 2.24) is 10.2 Å². The van der Waals surface area contributed by atoms with Crippen LogP contribution in [-0.2, 0) is 6.54 Å². The number of aryl methyl sites for hydroxylation is 1. The van der Waals surface area contributed by atoms with Gasteiger partial charge in [-0.15, -0.1) is 10.2 Å². The van der Waals surface area contributed by atoms with Crippen molar-refractivity contribution in [3.05, 3.63) is 83.2 Å². The van der Waals surface area contributed by atoms with Crippen molar-refractivity contribution in [1.29, 1.82) is 0 Å². The SMILES string of the molecule is Cc1ccc(-c2nnc(-c3cc(F)c(O)c(F)c3)s2)cc1NCc1ccc(F)cc1. The molecule has 0 aliphatic rings. The van der Waals surface area contributed by atoms with Crippen LogP contribution in [0.25, 0.3) is 21.1 Å². The molecule has 0 saturated heterocycles. The van der Waals surface area contributed by atoms with Gasteiger partial charge in [0, 0.05) is 23.4 Å². The summed E-state index contributed by atoms with van der Waals surface area (Å²) in [5.41, 5.74) is 3.85. The summed E-state index contributed by atoms with van der Waals surface area (Å²) in [6, 6.07) is 14.0. The molecule has 8 heteroatoms. The molecule has 0 unspecified atom stereocenters. The van der Waals surface area contributed by atoms with Crippen LogP contribution in [-0.4, -0.2) is 15.3 Å². The summed E-state index contributed by atoms with van der Waals surface area (Å²) in [5.74, 6) is -3.40. The topological polar surface area (TPSA) is 58.0 Å². The van der Waals surface area contributed by atoms with Crippen molar-refractivity contribution in [3.8, 4) is 26.9 Å². The lowest BCUT2D eigenvalue weighted by molar-refractivity contribution is 0.396. The lowest BCUT2D eigenvalue weighted by Crippen LogP contribution is -2.01. The highest BCUT2D eigenvalue weighted by Crippen LogP contribution is 2.34. The molecule has 0 fully saturated rings. The van der Waals surface area contributed by atoms with Gasteiger partial charge in [0.15, 0.2) is 17.4 Å². The number of anilines is 1. The first kappa shape index (κ1) is 19.9. The van der Waals surface area contributed by atoms with Gasteiger partial charge in [0.25, 0.3) is 0 Å². The van der Waals surface area contributed by atoms with Gasteiger partial charge < -0.3 is 10.4 Å². The van der Waals surface area contributed by atoms with Gasteiger partial charge in [-0.05, 0) is 48.4 Å². The fourth-order valence-corrected chi connectivity index (χ4v) is 3.72. The number of halogens is 3. The number of aromatic nitrogens is 2. The number of hydrogen-bond donors (Lipinski definition) is 2. The lowest BCUT2D eigenvalue weighted by Gasteiger charge is -2.11. The maximum Gasteiger partial charge on any atom is 0.187 e. The van der Waals surface area contributed by atoms with E-state index < -0.39 is 17.4 Å². The summed E-state index contributed by atoms with van der Waals surface area (Å²) in [6.07, 6.45) is 0. The van der Waals surface area contributed by atoms with Crippen LogP contribution in [0.1, 0.15) is 11.1 Å². The molecule has 0 saturated carbocycles. The van der Waals surface area contributed by atoms with Crippen LogP contribution in [0.2, 0.25) is 0 Å². The normalized spacial score (nSPS) is 10.9. The van der Waals surface area contributed by atoms with Crippen molar-refractivity contribution in [3.63, 3.8) is 0 Å². The number of aromatic hydroxyl groups is 1. The average molecular weight is 427 g/mol. The summed E-state index contributed by atoms with van der Waals surface area (Å²) in [5, 5.41) is 21.7. The van der Waals surface area contributed by atoms with Crippen molar-refractivity contribution >= 4 is 17.0 Å². The predicted octanol–water partition coefficient (Wildman–Crippen LogP) is 5.92. The Hall–Kier alpha value is -3.39. The number of phenolic OH excluding ortho intramolecular Hbond substituents is 1. The molecule has 2 N–H and O–H groups in total. The van der Waals surface area contributed by atoms with Gasteiger partial charge in [0.05, 0.1) is 0 Å². The second kappa shape index (κ2) is 8.16. The Morgan fingerprint density at radius 2 is 1.50 bits per heavy atom. The first-order valence-electron chi connectivity index (χ1n) is 9.02. The molecule has 0 spiro atoms. The van der Waals surface area contributed by atoms with E-state index in [1.165, 1.54) is 23.5 Å². The average Bonchev–Trinajstić information content (AvgIpc) is 3.22. The molecule has 0 amide bonds. The van der Waals surface area contributed by atoms with E-state index in [-0.39, 0.29) is 11.4 Å². The second-order valence-corrected chi connectivity index (χ2v) is 7.69. The Morgan fingerprint density at radius 3 is 2.17 bits per heavy atom. The Morgan fingerprint density at radius 1 is 0.867 bits per heavy atom. The Labute approximate surface area is 174 Å². The van der Waals surface area contributed by atoms with Crippen molar-refractivity contribution < 1.29 is 18.3 Å². The quantitative estimate of drug-likeness (QED) is 0.415. The summed E-state index contributed by atoms with van der Waals surface area (Å²) >= 11 is 1.19. The van der Waals surface area contributed by atoms with E-state index >= 15 is 0 Å². The minimum absolute atomic E-state index is 0.202. The maximum absolute atomic E-state index is 13.6. The van der Waals surface area contributed by atoms with E-state index in [4.69, 9.17) is 0 Å². The van der Waals surface area contributed by atoms with Crippen LogP contribution in [0.4, 0.5) is 18.9 Å². The lowest BCUT2D eigenvalue weighted by atomic mass is 10.1. The second-order valence-electron chi connectivity index (χ2n) is 6.71. The Balaban J connectivity index is 1.58. The number of rotatable bonds is 5. The number of nitrogens with zero attached hydrogens (tertiary/aromatic N) is 2. The van der Waals surface area contributed by atoms with Gasteiger partial charge in [-0.2, -0.15) is 0 Å². The summed E-state index contributed by atoms with van der Waals surface area (Å²) in [6.45, 7) is 2.49. The molecule has 0 atom stereocenters. The molecule has 3 aromatic carbocycles. The Bertz CT molecular complexity index is 1190. The maximum atomic E-state index is 13.6. The monoisotopic (exact) mass is 427 g/mol. The summed E-state index contributed by atoms with van der Waals surface area (Å²) in [7, 11) is 0. The molecular weight excluding hydrogens is 411 g/mol. The molecule has 30 heavy (non-hydrogen) atoms. The zero-order valence-corrected chi connectivity index (χ0v) is 16.6. The van der Waals surface area contributed by atoms with Crippen molar-refractivity contribution in [2.75, 3.05) is 5.32 Å². The minimum atomic E-state index is -1.05. The highest BCUT2D eigenvalue weighted by molar-refractivity contribution is 7.17. The van der Waals surface area contributed by atoms with Crippen LogP contribution < -0.4 is 5.32 Å². The van der Waals surface area contributed by atoms with Crippen LogP contribution >= 0.6 is 11.3 Å². The number of benzene rings is 3. The fourth-order valence-electron chi connectivity index (χ4n) is 2.89. The predicted molar refractivity (Wildman–Crippen MR) is 111 cm³/mol. The van der Waals surface area contributed by atoms with Crippen LogP contribution in [0.5, 0.6) is 5.75 Å². The zero-order chi connectivity index (χ0) is 21.3. The summed E-state index contributed by atoms with van der Waals surface area (Å²) in [4.78, 5) is 0. The standard InChI is InChI=1S/C22H16F3N3OS/c1-12-2-5-14(10-19(12)26-11-13-3-6-16(23)7-4-13)21-27-28-22(30-21)15-8-17(24)20(29)18(25)9-15/h2-10,26,29H,11H2,1H3. The molecule has 1 aromatic heterocycles. The van der Waals surface area contributed by atoms with Gasteiger partial charge in [0.2, 0.25) is 0 Å². The molecule has 1 heterocycles. The molecule has 4 rings (SSSR count). The largest absolute Gasteiger partial charge is 0.503 e. The first-order chi connectivity index (χ1) is 14.4. The van der Waals surface area contributed by atoms with E-state index in [2.05, 4.69) is 15.5 Å². The first-order valence-corrected chi connectivity index (χ1v) is 9.83. The molecule has 0 aliphatic carbocycles. The fraction of sp³-hybridized carbons (Fsp3) is 0.0909. The number of phenols is 1.